The molecule has 2 aliphatic heterocycles. The van der Waals surface area contributed by atoms with Crippen molar-refractivity contribution < 1.29 is 14.8 Å². The number of rotatable bonds is 1. The van der Waals surface area contributed by atoms with Crippen LogP contribution in [-0.2, 0) is 0 Å². The minimum atomic E-state index is -0.989. The Labute approximate surface area is 132 Å². The van der Waals surface area contributed by atoms with Gasteiger partial charge < -0.3 is 14.8 Å². The van der Waals surface area contributed by atoms with Crippen molar-refractivity contribution >= 4 is 28.8 Å². The van der Waals surface area contributed by atoms with Crippen molar-refractivity contribution in [1.82, 2.24) is 4.98 Å². The Hall–Kier alpha value is -1.84. The predicted molar refractivity (Wildman–Crippen MR) is 80.7 cm³/mol. The number of benzene rings is 1. The first kappa shape index (κ1) is 13.8. The molecule has 114 valence electrons. The number of nitrogens with zero attached hydrogens (tertiary/aromatic N) is 1. The van der Waals surface area contributed by atoms with Crippen LogP contribution in [0.5, 0.6) is 5.75 Å². The number of thiazole rings is 1. The standard InChI is InChI=1S/C13H10N2O5S2/c16-12-7-4-21-11-10(22-13(17)14-11)9(7)6-3-5(15(18)19)1-2-8(6)20-12/h1-3,7,9,12,16H,4H2,(H,14,17)/t7-,9-,12+/m0/s1. The number of aliphatic hydroxyl groups is 1. The summed E-state index contributed by atoms with van der Waals surface area (Å²) in [5.41, 5.74) is 0.626. The highest BCUT2D eigenvalue weighted by atomic mass is 32.2. The maximum atomic E-state index is 11.6. The SMILES string of the molecule is O=c1[nH]c2c(s1)[C@H]1c3cc([N+](=O)[O-])ccc3O[C@@H](O)[C@H]1CS2. The fraction of sp³-hybridized carbons (Fsp3) is 0.308. The minimum absolute atomic E-state index is 0.0276. The summed E-state index contributed by atoms with van der Waals surface area (Å²) in [5.74, 6) is 0.503. The van der Waals surface area contributed by atoms with Crippen LogP contribution >= 0.6 is 23.1 Å². The zero-order valence-electron chi connectivity index (χ0n) is 11.0. The molecule has 0 amide bonds. The second-order valence-electron chi connectivity index (χ2n) is 5.15. The van der Waals surface area contributed by atoms with Crippen molar-refractivity contribution in [3.63, 3.8) is 0 Å². The van der Waals surface area contributed by atoms with Crippen LogP contribution in [-0.4, -0.2) is 27.1 Å². The normalized spacial score (nSPS) is 25.6. The number of nitro benzene ring substituents is 1. The van der Waals surface area contributed by atoms with Gasteiger partial charge in [0.2, 0.25) is 6.29 Å². The largest absolute Gasteiger partial charge is 0.464 e. The first-order chi connectivity index (χ1) is 10.5. The molecule has 2 aromatic rings. The number of hydrogen-bond acceptors (Lipinski definition) is 7. The molecule has 3 atom stereocenters. The highest BCUT2D eigenvalue weighted by Gasteiger charge is 2.44. The highest BCUT2D eigenvalue weighted by molar-refractivity contribution is 7.99. The van der Waals surface area contributed by atoms with Gasteiger partial charge in [-0.15, -0.1) is 11.8 Å². The third kappa shape index (κ3) is 1.97. The Morgan fingerprint density at radius 2 is 2.27 bits per heavy atom. The fourth-order valence-corrected chi connectivity index (χ4v) is 5.39. The number of H-pyrrole nitrogens is 1. The number of thioether (sulfide) groups is 1. The van der Waals surface area contributed by atoms with E-state index in [4.69, 9.17) is 4.74 Å². The van der Waals surface area contributed by atoms with Gasteiger partial charge in [0.15, 0.2) is 0 Å². The molecule has 0 saturated carbocycles. The van der Waals surface area contributed by atoms with E-state index in [1.165, 1.54) is 30.0 Å². The maximum Gasteiger partial charge on any atom is 0.305 e. The summed E-state index contributed by atoms with van der Waals surface area (Å²) in [4.78, 5) is 25.6. The first-order valence-corrected chi connectivity index (χ1v) is 8.33. The van der Waals surface area contributed by atoms with Gasteiger partial charge in [-0.25, -0.2) is 0 Å². The molecule has 1 aromatic carbocycles. The van der Waals surface area contributed by atoms with Crippen molar-refractivity contribution in [2.24, 2.45) is 5.92 Å². The smallest absolute Gasteiger partial charge is 0.305 e. The average molecular weight is 338 g/mol. The van der Waals surface area contributed by atoms with E-state index in [0.29, 0.717) is 17.1 Å². The van der Waals surface area contributed by atoms with Gasteiger partial charge in [0, 0.05) is 40.2 Å². The lowest BCUT2D eigenvalue weighted by molar-refractivity contribution is -0.385. The van der Waals surface area contributed by atoms with Gasteiger partial charge in [0.05, 0.1) is 9.95 Å². The molecule has 3 heterocycles. The topological polar surface area (TPSA) is 105 Å². The Bertz CT molecular complexity index is 830. The lowest BCUT2D eigenvalue weighted by Crippen LogP contribution is -2.39. The summed E-state index contributed by atoms with van der Waals surface area (Å²) in [5, 5.41) is 22.0. The van der Waals surface area contributed by atoms with Crippen LogP contribution in [0.25, 0.3) is 0 Å². The number of non-ortho nitro benzene ring substituents is 1. The van der Waals surface area contributed by atoms with E-state index in [0.717, 1.165) is 21.2 Å². The van der Waals surface area contributed by atoms with Crippen LogP contribution in [0.3, 0.4) is 0 Å². The van der Waals surface area contributed by atoms with Gasteiger partial charge in [0.1, 0.15) is 5.75 Å². The molecule has 7 nitrogen and oxygen atoms in total. The molecule has 0 saturated heterocycles. The average Bonchev–Trinajstić information content (AvgIpc) is 2.86. The van der Waals surface area contributed by atoms with Crippen LogP contribution in [0.2, 0.25) is 0 Å². The molecule has 0 fully saturated rings. The predicted octanol–water partition coefficient (Wildman–Crippen LogP) is 1.91. The fourth-order valence-electron chi connectivity index (χ4n) is 2.94. The van der Waals surface area contributed by atoms with Crippen LogP contribution < -0.4 is 9.61 Å². The van der Waals surface area contributed by atoms with Gasteiger partial charge in [-0.3, -0.25) is 14.9 Å². The number of fused-ring (bicyclic) bond motifs is 5. The summed E-state index contributed by atoms with van der Waals surface area (Å²) in [6, 6.07) is 4.33. The van der Waals surface area contributed by atoms with Crippen LogP contribution in [0, 0.1) is 16.0 Å². The molecule has 0 spiro atoms. The molecule has 4 rings (SSSR count). The Morgan fingerprint density at radius 3 is 3.05 bits per heavy atom. The molecule has 22 heavy (non-hydrogen) atoms. The molecule has 0 aliphatic carbocycles. The number of hydrogen-bond donors (Lipinski definition) is 2. The van der Waals surface area contributed by atoms with Crippen LogP contribution in [0.1, 0.15) is 16.4 Å². The second kappa shape index (κ2) is 4.83. The molecule has 2 N–H and O–H groups in total. The zero-order valence-corrected chi connectivity index (χ0v) is 12.6. The van der Waals surface area contributed by atoms with Crippen molar-refractivity contribution in [3.8, 4) is 5.75 Å². The zero-order chi connectivity index (χ0) is 15.4. The van der Waals surface area contributed by atoms with Gasteiger partial charge >= 0.3 is 4.87 Å². The molecular weight excluding hydrogens is 328 g/mol. The van der Waals surface area contributed by atoms with E-state index in [1.807, 2.05) is 0 Å². The van der Waals surface area contributed by atoms with Crippen LogP contribution in [0.15, 0.2) is 28.0 Å². The summed E-state index contributed by atoms with van der Waals surface area (Å²) >= 11 is 2.55. The van der Waals surface area contributed by atoms with E-state index in [1.54, 1.807) is 0 Å². The van der Waals surface area contributed by atoms with E-state index in [-0.39, 0.29) is 22.4 Å². The number of aromatic nitrogens is 1. The lowest BCUT2D eigenvalue weighted by atomic mass is 9.82. The van der Waals surface area contributed by atoms with Crippen molar-refractivity contribution in [2.45, 2.75) is 17.2 Å². The number of aromatic amines is 1. The molecule has 0 bridgehead atoms. The molecular formula is C13H10N2O5S2. The summed E-state index contributed by atoms with van der Waals surface area (Å²) in [7, 11) is 0. The summed E-state index contributed by atoms with van der Waals surface area (Å²) < 4.78 is 5.49. The number of aliphatic hydroxyl groups excluding tert-OH is 1. The Kier molecular flexibility index (Phi) is 3.03. The maximum absolute atomic E-state index is 11.6. The quantitative estimate of drug-likeness (QED) is 0.608. The monoisotopic (exact) mass is 338 g/mol. The van der Waals surface area contributed by atoms with Gasteiger partial charge in [-0.1, -0.05) is 11.3 Å². The van der Waals surface area contributed by atoms with Crippen LogP contribution in [0.4, 0.5) is 5.69 Å². The van der Waals surface area contributed by atoms with Gasteiger partial charge in [-0.2, -0.15) is 0 Å². The summed E-state index contributed by atoms with van der Waals surface area (Å²) in [6.07, 6.45) is -0.989. The summed E-state index contributed by atoms with van der Waals surface area (Å²) in [6.45, 7) is 0. The second-order valence-corrected chi connectivity index (χ2v) is 7.19. The van der Waals surface area contributed by atoms with Crippen molar-refractivity contribution in [2.75, 3.05) is 5.75 Å². The van der Waals surface area contributed by atoms with E-state index in [9.17, 15) is 20.0 Å². The molecule has 0 unspecified atom stereocenters. The van der Waals surface area contributed by atoms with Gasteiger partial charge in [-0.05, 0) is 6.07 Å². The van der Waals surface area contributed by atoms with Crippen molar-refractivity contribution in [1.29, 1.82) is 0 Å². The number of ether oxygens (including phenoxy) is 1. The highest BCUT2D eigenvalue weighted by Crippen LogP contribution is 2.51. The molecule has 2 aliphatic rings. The number of nitro groups is 1. The van der Waals surface area contributed by atoms with E-state index >= 15 is 0 Å². The minimum Gasteiger partial charge on any atom is -0.464 e. The third-order valence-corrected chi connectivity index (χ3v) is 6.18. The van der Waals surface area contributed by atoms with E-state index in [2.05, 4.69) is 4.98 Å². The third-order valence-electron chi connectivity index (χ3n) is 3.93. The Balaban J connectivity index is 1.93. The van der Waals surface area contributed by atoms with Gasteiger partial charge in [0.25, 0.3) is 5.69 Å². The first-order valence-electron chi connectivity index (χ1n) is 6.53. The van der Waals surface area contributed by atoms with E-state index < -0.39 is 11.2 Å². The van der Waals surface area contributed by atoms with Crippen molar-refractivity contribution in [3.05, 3.63) is 48.4 Å². The lowest BCUT2D eigenvalue weighted by Gasteiger charge is -2.38. The molecule has 1 aromatic heterocycles. The molecule has 9 heteroatoms. The molecule has 0 radical (unpaired) electrons. The number of nitrogens with one attached hydrogen (secondary N) is 1. The Morgan fingerprint density at radius 1 is 1.45 bits per heavy atom.